The Hall–Kier alpha value is -4.01. The zero-order chi connectivity index (χ0) is 19.6. The largest absolute Gasteiger partial charge is 0.454 e. The van der Waals surface area contributed by atoms with Gasteiger partial charge in [-0.25, -0.2) is 9.97 Å². The van der Waals surface area contributed by atoms with E-state index < -0.39 is 0 Å². The predicted octanol–water partition coefficient (Wildman–Crippen LogP) is 2.80. The Morgan fingerprint density at radius 3 is 2.34 bits per heavy atom. The molecule has 9 nitrogen and oxygen atoms in total. The van der Waals surface area contributed by atoms with Gasteiger partial charge in [0.2, 0.25) is 13.6 Å². The van der Waals surface area contributed by atoms with Gasteiger partial charge in [0.05, 0.1) is 12.4 Å². The van der Waals surface area contributed by atoms with Crippen molar-refractivity contribution in [1.82, 2.24) is 9.97 Å². The molecular weight excluding hydrogens is 376 g/mol. The number of nitrogens with one attached hydrogen (secondary N) is 2. The lowest BCUT2D eigenvalue weighted by molar-refractivity contribution is 0.102. The standard InChI is InChI=1S/C20H16N4O5/c25-20(24-13-2-4-16-18(6-13)29-11-27-16)14-8-23-19(9-21-14)22-7-12-1-3-15-17(5-12)28-10-26-15/h1-6,8-9H,7,10-11H2,(H,22,23)(H,24,25). The van der Waals surface area contributed by atoms with Crippen LogP contribution in [0.25, 0.3) is 0 Å². The first-order valence-corrected chi connectivity index (χ1v) is 8.90. The smallest absolute Gasteiger partial charge is 0.275 e. The van der Waals surface area contributed by atoms with Crippen LogP contribution in [0.1, 0.15) is 16.1 Å². The van der Waals surface area contributed by atoms with Crippen molar-refractivity contribution in [2.24, 2.45) is 0 Å². The van der Waals surface area contributed by atoms with E-state index in [1.807, 2.05) is 18.2 Å². The lowest BCUT2D eigenvalue weighted by Crippen LogP contribution is -2.14. The van der Waals surface area contributed by atoms with E-state index in [1.54, 1.807) is 18.2 Å². The summed E-state index contributed by atoms with van der Waals surface area (Å²) in [5.74, 6) is 2.91. The van der Waals surface area contributed by atoms with E-state index in [0.29, 0.717) is 29.5 Å². The van der Waals surface area contributed by atoms with Gasteiger partial charge in [0.1, 0.15) is 11.5 Å². The molecular formula is C20H16N4O5. The van der Waals surface area contributed by atoms with Crippen LogP contribution in [0.4, 0.5) is 11.5 Å². The summed E-state index contributed by atoms with van der Waals surface area (Å²) < 4.78 is 21.2. The van der Waals surface area contributed by atoms with E-state index in [-0.39, 0.29) is 25.2 Å². The fourth-order valence-corrected chi connectivity index (χ4v) is 2.95. The number of benzene rings is 2. The highest BCUT2D eigenvalue weighted by molar-refractivity contribution is 6.02. The molecule has 0 saturated heterocycles. The third kappa shape index (κ3) is 3.57. The molecule has 2 N–H and O–H groups in total. The minimum Gasteiger partial charge on any atom is -0.454 e. The second-order valence-corrected chi connectivity index (χ2v) is 6.35. The van der Waals surface area contributed by atoms with Crippen molar-refractivity contribution in [1.29, 1.82) is 0 Å². The van der Waals surface area contributed by atoms with Gasteiger partial charge in [-0.2, -0.15) is 0 Å². The molecule has 2 aliphatic heterocycles. The van der Waals surface area contributed by atoms with Crippen LogP contribution in [0.5, 0.6) is 23.0 Å². The molecule has 2 aliphatic rings. The Kier molecular flexibility index (Phi) is 4.24. The molecule has 0 spiro atoms. The van der Waals surface area contributed by atoms with Gasteiger partial charge in [-0.3, -0.25) is 4.79 Å². The van der Waals surface area contributed by atoms with E-state index in [2.05, 4.69) is 20.6 Å². The first-order chi connectivity index (χ1) is 14.2. The molecule has 1 amide bonds. The number of hydrogen-bond acceptors (Lipinski definition) is 8. The highest BCUT2D eigenvalue weighted by atomic mass is 16.7. The normalized spacial score (nSPS) is 13.2. The Labute approximate surface area is 165 Å². The van der Waals surface area contributed by atoms with Crippen LogP contribution in [-0.2, 0) is 6.54 Å². The molecule has 0 atom stereocenters. The fourth-order valence-electron chi connectivity index (χ4n) is 2.95. The lowest BCUT2D eigenvalue weighted by Gasteiger charge is -2.08. The number of nitrogens with zero attached hydrogens (tertiary/aromatic N) is 2. The number of amides is 1. The number of anilines is 2. The molecule has 9 heteroatoms. The third-order valence-electron chi connectivity index (χ3n) is 4.43. The molecule has 146 valence electrons. The van der Waals surface area contributed by atoms with Gasteiger partial charge >= 0.3 is 0 Å². The van der Waals surface area contributed by atoms with Crippen molar-refractivity contribution in [2.75, 3.05) is 24.2 Å². The van der Waals surface area contributed by atoms with Crippen molar-refractivity contribution >= 4 is 17.4 Å². The SMILES string of the molecule is O=C(Nc1ccc2c(c1)OCO2)c1cnc(NCc2ccc3c(c2)OCO3)cn1. The van der Waals surface area contributed by atoms with Crippen molar-refractivity contribution in [3.8, 4) is 23.0 Å². The first kappa shape index (κ1) is 17.1. The highest BCUT2D eigenvalue weighted by Gasteiger charge is 2.16. The first-order valence-electron chi connectivity index (χ1n) is 8.90. The second-order valence-electron chi connectivity index (χ2n) is 6.35. The van der Waals surface area contributed by atoms with Crippen molar-refractivity contribution in [2.45, 2.75) is 6.54 Å². The van der Waals surface area contributed by atoms with Crippen LogP contribution in [0, 0.1) is 0 Å². The van der Waals surface area contributed by atoms with Crippen molar-refractivity contribution in [3.63, 3.8) is 0 Å². The molecule has 0 radical (unpaired) electrons. The summed E-state index contributed by atoms with van der Waals surface area (Å²) in [6, 6.07) is 10.9. The monoisotopic (exact) mass is 392 g/mol. The minimum atomic E-state index is -0.362. The van der Waals surface area contributed by atoms with E-state index in [4.69, 9.17) is 18.9 Å². The Morgan fingerprint density at radius 1 is 0.862 bits per heavy atom. The Bertz CT molecular complexity index is 1070. The molecule has 29 heavy (non-hydrogen) atoms. The van der Waals surface area contributed by atoms with Gasteiger partial charge < -0.3 is 29.6 Å². The van der Waals surface area contributed by atoms with E-state index in [1.165, 1.54) is 12.4 Å². The second kappa shape index (κ2) is 7.19. The number of fused-ring (bicyclic) bond motifs is 2. The van der Waals surface area contributed by atoms with Gasteiger partial charge in [0, 0.05) is 18.3 Å². The van der Waals surface area contributed by atoms with Crippen LogP contribution in [0.2, 0.25) is 0 Å². The number of carbonyl (C=O) groups excluding carboxylic acids is 1. The zero-order valence-corrected chi connectivity index (χ0v) is 15.2. The third-order valence-corrected chi connectivity index (χ3v) is 4.43. The van der Waals surface area contributed by atoms with Crippen LogP contribution in [0.3, 0.4) is 0 Å². The average Bonchev–Trinajstić information content (AvgIpc) is 3.41. The van der Waals surface area contributed by atoms with Gasteiger partial charge in [-0.15, -0.1) is 0 Å². The van der Waals surface area contributed by atoms with Gasteiger partial charge in [0.25, 0.3) is 5.91 Å². The van der Waals surface area contributed by atoms with E-state index in [0.717, 1.165) is 17.1 Å². The zero-order valence-electron chi connectivity index (χ0n) is 15.2. The average molecular weight is 392 g/mol. The molecule has 0 aliphatic carbocycles. The number of ether oxygens (including phenoxy) is 4. The van der Waals surface area contributed by atoms with Crippen LogP contribution in [-0.4, -0.2) is 29.5 Å². The molecule has 0 bridgehead atoms. The molecule has 1 aromatic heterocycles. The summed E-state index contributed by atoms with van der Waals surface area (Å²) in [6.07, 6.45) is 2.94. The van der Waals surface area contributed by atoms with Crippen molar-refractivity contribution < 1.29 is 23.7 Å². The molecule has 3 aromatic rings. The summed E-state index contributed by atoms with van der Waals surface area (Å²) in [7, 11) is 0. The summed E-state index contributed by atoms with van der Waals surface area (Å²) in [5.41, 5.74) is 1.81. The lowest BCUT2D eigenvalue weighted by atomic mass is 10.2. The Morgan fingerprint density at radius 2 is 1.59 bits per heavy atom. The molecule has 2 aromatic carbocycles. The number of rotatable bonds is 5. The summed E-state index contributed by atoms with van der Waals surface area (Å²) in [4.78, 5) is 20.8. The fraction of sp³-hybridized carbons (Fsp3) is 0.150. The highest BCUT2D eigenvalue weighted by Crippen LogP contribution is 2.34. The summed E-state index contributed by atoms with van der Waals surface area (Å²) in [5, 5.41) is 5.93. The summed E-state index contributed by atoms with van der Waals surface area (Å²) in [6.45, 7) is 0.959. The summed E-state index contributed by atoms with van der Waals surface area (Å²) >= 11 is 0. The predicted molar refractivity (Wildman–Crippen MR) is 102 cm³/mol. The van der Waals surface area contributed by atoms with E-state index >= 15 is 0 Å². The molecule has 5 rings (SSSR count). The maximum absolute atomic E-state index is 12.4. The number of aromatic nitrogens is 2. The number of carbonyl (C=O) groups is 1. The molecule has 3 heterocycles. The van der Waals surface area contributed by atoms with Crippen molar-refractivity contribution in [3.05, 3.63) is 60.0 Å². The molecule has 0 saturated carbocycles. The van der Waals surface area contributed by atoms with Gasteiger partial charge in [-0.05, 0) is 29.8 Å². The van der Waals surface area contributed by atoms with Crippen LogP contribution >= 0.6 is 0 Å². The van der Waals surface area contributed by atoms with Crippen LogP contribution in [0.15, 0.2) is 48.8 Å². The molecule has 0 unspecified atom stereocenters. The van der Waals surface area contributed by atoms with Gasteiger partial charge in [0.15, 0.2) is 23.0 Å². The minimum absolute atomic E-state index is 0.179. The maximum atomic E-state index is 12.4. The van der Waals surface area contributed by atoms with Crippen LogP contribution < -0.4 is 29.6 Å². The quantitative estimate of drug-likeness (QED) is 0.683. The van der Waals surface area contributed by atoms with E-state index in [9.17, 15) is 4.79 Å². The van der Waals surface area contributed by atoms with Gasteiger partial charge in [-0.1, -0.05) is 6.07 Å². The number of hydrogen-bond donors (Lipinski definition) is 2. The Balaban J connectivity index is 1.20. The molecule has 0 fully saturated rings. The maximum Gasteiger partial charge on any atom is 0.275 e. The topological polar surface area (TPSA) is 104 Å².